The van der Waals surface area contributed by atoms with Crippen molar-refractivity contribution in [2.24, 2.45) is 7.05 Å². The van der Waals surface area contributed by atoms with Crippen molar-refractivity contribution in [2.45, 2.75) is 24.7 Å². The zero-order valence-corrected chi connectivity index (χ0v) is 15.9. The molecule has 148 valence electrons. The molecule has 0 atom stereocenters. The maximum atomic E-state index is 14.4. The standard InChI is InChI=1S/C17H21F2N5O2.ClH/c1-24-16(21-14(23-24)11-7-9-20-10-8-11)22-15(25)17(18,19)12-3-5-13(26-2)6-4-12;/h3-6,11,20H,7-10H2,1-2H3,(H,21,22,23,25);1H. The van der Waals surface area contributed by atoms with Crippen molar-refractivity contribution in [3.8, 4) is 5.75 Å². The Bertz CT molecular complexity index is 776. The first kappa shape index (κ1) is 21.0. The number of alkyl halides is 2. The van der Waals surface area contributed by atoms with Crippen LogP contribution in [0.1, 0.15) is 30.1 Å². The van der Waals surface area contributed by atoms with Crippen LogP contribution in [0.15, 0.2) is 24.3 Å². The molecule has 1 amide bonds. The second kappa shape index (κ2) is 8.62. The molecule has 7 nitrogen and oxygen atoms in total. The van der Waals surface area contributed by atoms with Gasteiger partial charge in [0, 0.05) is 18.5 Å². The number of anilines is 1. The van der Waals surface area contributed by atoms with Crippen LogP contribution in [0, 0.1) is 0 Å². The van der Waals surface area contributed by atoms with Crippen LogP contribution in [0.5, 0.6) is 5.75 Å². The number of piperidine rings is 1. The predicted octanol–water partition coefficient (Wildman–Crippen LogP) is 2.44. The van der Waals surface area contributed by atoms with E-state index in [-0.39, 0.29) is 24.3 Å². The van der Waals surface area contributed by atoms with E-state index >= 15 is 0 Å². The summed E-state index contributed by atoms with van der Waals surface area (Å²) in [5.74, 6) is -3.98. The first-order valence-electron chi connectivity index (χ1n) is 8.37. The van der Waals surface area contributed by atoms with Gasteiger partial charge < -0.3 is 10.1 Å². The Morgan fingerprint density at radius 2 is 1.93 bits per heavy atom. The molecule has 0 spiro atoms. The molecule has 0 aliphatic carbocycles. The monoisotopic (exact) mass is 401 g/mol. The summed E-state index contributed by atoms with van der Waals surface area (Å²) in [6.07, 6.45) is 1.75. The summed E-state index contributed by atoms with van der Waals surface area (Å²) in [7, 11) is 3.01. The Labute approximate surface area is 161 Å². The fourth-order valence-electron chi connectivity index (χ4n) is 2.88. The van der Waals surface area contributed by atoms with Crippen molar-refractivity contribution >= 4 is 24.3 Å². The quantitative estimate of drug-likeness (QED) is 0.804. The van der Waals surface area contributed by atoms with Gasteiger partial charge in [0.05, 0.1) is 7.11 Å². The average molecular weight is 402 g/mol. The molecule has 1 aliphatic rings. The number of benzene rings is 1. The van der Waals surface area contributed by atoms with E-state index in [2.05, 4.69) is 20.7 Å². The summed E-state index contributed by atoms with van der Waals surface area (Å²) < 4.78 is 35.2. The van der Waals surface area contributed by atoms with Crippen molar-refractivity contribution in [1.82, 2.24) is 20.1 Å². The summed E-state index contributed by atoms with van der Waals surface area (Å²) in [5.41, 5.74) is -0.420. The largest absolute Gasteiger partial charge is 0.497 e. The van der Waals surface area contributed by atoms with Crippen molar-refractivity contribution in [1.29, 1.82) is 0 Å². The third kappa shape index (κ3) is 4.54. The van der Waals surface area contributed by atoms with Gasteiger partial charge in [0.15, 0.2) is 5.82 Å². The van der Waals surface area contributed by atoms with Gasteiger partial charge in [0.25, 0.3) is 0 Å². The van der Waals surface area contributed by atoms with Gasteiger partial charge in [-0.3, -0.25) is 10.1 Å². The molecule has 0 bridgehead atoms. The van der Waals surface area contributed by atoms with E-state index in [1.54, 1.807) is 7.05 Å². The molecule has 10 heteroatoms. The Morgan fingerprint density at radius 1 is 1.30 bits per heavy atom. The molecule has 2 N–H and O–H groups in total. The zero-order valence-electron chi connectivity index (χ0n) is 15.0. The topological polar surface area (TPSA) is 81.1 Å². The molecule has 1 saturated heterocycles. The van der Waals surface area contributed by atoms with Gasteiger partial charge in [-0.15, -0.1) is 12.4 Å². The number of hydrogen-bond donors (Lipinski definition) is 2. The minimum atomic E-state index is -3.70. The average Bonchev–Trinajstić information content (AvgIpc) is 3.03. The molecule has 3 rings (SSSR count). The zero-order chi connectivity index (χ0) is 18.7. The normalized spacial score (nSPS) is 15.1. The number of rotatable bonds is 5. The number of nitrogens with zero attached hydrogens (tertiary/aromatic N) is 3. The lowest BCUT2D eigenvalue weighted by Gasteiger charge is -2.19. The van der Waals surface area contributed by atoms with Gasteiger partial charge in [-0.05, 0) is 50.2 Å². The number of carbonyl (C=O) groups is 1. The van der Waals surface area contributed by atoms with E-state index in [4.69, 9.17) is 4.74 Å². The summed E-state index contributed by atoms with van der Waals surface area (Å²) >= 11 is 0. The molecule has 1 aliphatic heterocycles. The molecule has 0 unspecified atom stereocenters. The highest BCUT2D eigenvalue weighted by molar-refractivity contribution is 5.95. The number of methoxy groups -OCH3 is 1. The number of aryl methyl sites for hydroxylation is 1. The minimum absolute atomic E-state index is 0. The molecule has 0 radical (unpaired) electrons. The van der Waals surface area contributed by atoms with Gasteiger partial charge in [-0.25, -0.2) is 4.68 Å². The number of carbonyl (C=O) groups excluding carboxylic acids is 1. The fourth-order valence-corrected chi connectivity index (χ4v) is 2.88. The number of hydrogen-bond acceptors (Lipinski definition) is 5. The van der Waals surface area contributed by atoms with Crippen LogP contribution in [0.25, 0.3) is 0 Å². The molecule has 0 saturated carbocycles. The van der Waals surface area contributed by atoms with Gasteiger partial charge >= 0.3 is 11.8 Å². The molecule has 1 aromatic heterocycles. The van der Waals surface area contributed by atoms with Crippen LogP contribution < -0.4 is 15.4 Å². The first-order chi connectivity index (χ1) is 12.4. The number of aromatic nitrogens is 3. The molecule has 1 fully saturated rings. The highest BCUT2D eigenvalue weighted by atomic mass is 35.5. The van der Waals surface area contributed by atoms with E-state index in [9.17, 15) is 13.6 Å². The van der Waals surface area contributed by atoms with Crippen LogP contribution in [0.2, 0.25) is 0 Å². The molecule has 2 aromatic rings. The van der Waals surface area contributed by atoms with E-state index in [1.807, 2.05) is 0 Å². The minimum Gasteiger partial charge on any atom is -0.497 e. The lowest BCUT2D eigenvalue weighted by molar-refractivity contribution is -0.141. The second-order valence-corrected chi connectivity index (χ2v) is 6.20. The van der Waals surface area contributed by atoms with Crippen molar-refractivity contribution in [2.75, 3.05) is 25.5 Å². The van der Waals surface area contributed by atoms with Gasteiger partial charge in [-0.2, -0.15) is 18.9 Å². The van der Waals surface area contributed by atoms with Crippen molar-refractivity contribution in [3.05, 3.63) is 35.7 Å². The second-order valence-electron chi connectivity index (χ2n) is 6.20. The van der Waals surface area contributed by atoms with Crippen molar-refractivity contribution in [3.63, 3.8) is 0 Å². The van der Waals surface area contributed by atoms with Crippen LogP contribution in [0.4, 0.5) is 14.7 Å². The summed E-state index contributed by atoms with van der Waals surface area (Å²) in [6.45, 7) is 1.72. The number of ether oxygens (including phenoxy) is 1. The van der Waals surface area contributed by atoms with Gasteiger partial charge in [-0.1, -0.05) is 0 Å². The highest BCUT2D eigenvalue weighted by Crippen LogP contribution is 2.31. The summed E-state index contributed by atoms with van der Waals surface area (Å²) in [5, 5.41) is 9.70. The fraction of sp³-hybridized carbons (Fsp3) is 0.471. The Morgan fingerprint density at radius 3 is 2.52 bits per heavy atom. The van der Waals surface area contributed by atoms with Crippen LogP contribution >= 0.6 is 12.4 Å². The number of halogens is 3. The molecule has 1 aromatic carbocycles. The highest BCUT2D eigenvalue weighted by Gasteiger charge is 2.41. The number of amides is 1. The SMILES string of the molecule is COc1ccc(C(F)(F)C(=O)Nc2nc(C3CCNCC3)nn2C)cc1.Cl. The summed E-state index contributed by atoms with van der Waals surface area (Å²) in [4.78, 5) is 16.4. The Kier molecular flexibility index (Phi) is 6.72. The lowest BCUT2D eigenvalue weighted by atomic mass is 9.98. The number of nitrogens with one attached hydrogen (secondary N) is 2. The van der Waals surface area contributed by atoms with E-state index in [0.29, 0.717) is 11.6 Å². The maximum Gasteiger partial charge on any atom is 0.350 e. The van der Waals surface area contributed by atoms with E-state index in [0.717, 1.165) is 38.1 Å². The van der Waals surface area contributed by atoms with Crippen LogP contribution in [0.3, 0.4) is 0 Å². The van der Waals surface area contributed by atoms with Crippen LogP contribution in [-0.4, -0.2) is 40.9 Å². The van der Waals surface area contributed by atoms with Crippen molar-refractivity contribution < 1.29 is 18.3 Å². The predicted molar refractivity (Wildman–Crippen MR) is 98.6 cm³/mol. The molecule has 2 heterocycles. The molecule has 27 heavy (non-hydrogen) atoms. The van der Waals surface area contributed by atoms with E-state index < -0.39 is 17.4 Å². The lowest BCUT2D eigenvalue weighted by Crippen LogP contribution is -2.33. The molecular formula is C17H22ClF2N5O2. The van der Waals surface area contributed by atoms with Gasteiger partial charge in [0.1, 0.15) is 5.75 Å². The third-order valence-corrected chi connectivity index (χ3v) is 4.45. The Balaban J connectivity index is 0.00000261. The van der Waals surface area contributed by atoms with Gasteiger partial charge in [0.2, 0.25) is 5.95 Å². The molecular weight excluding hydrogens is 380 g/mol. The third-order valence-electron chi connectivity index (χ3n) is 4.45. The van der Waals surface area contributed by atoms with E-state index in [1.165, 1.54) is 23.9 Å². The maximum absolute atomic E-state index is 14.4. The Hall–Kier alpha value is -2.26. The summed E-state index contributed by atoms with van der Waals surface area (Å²) in [6, 6.07) is 5.09. The smallest absolute Gasteiger partial charge is 0.350 e. The van der Waals surface area contributed by atoms with Crippen LogP contribution in [-0.2, 0) is 17.8 Å². The first-order valence-corrected chi connectivity index (χ1v) is 8.37.